The minimum Gasteiger partial charge on any atom is -0.497 e. The number of carbonyl (C=O) groups is 1. The van der Waals surface area contributed by atoms with Crippen LogP contribution in [0.3, 0.4) is 0 Å². The summed E-state index contributed by atoms with van der Waals surface area (Å²) in [6.07, 6.45) is 0.772. The monoisotopic (exact) mass is 426 g/mol. The van der Waals surface area contributed by atoms with E-state index in [2.05, 4.69) is 17.4 Å². The molecule has 0 spiro atoms. The topological polar surface area (TPSA) is 60.5 Å². The van der Waals surface area contributed by atoms with E-state index in [0.29, 0.717) is 29.3 Å². The van der Waals surface area contributed by atoms with Gasteiger partial charge in [0.15, 0.2) is 0 Å². The molecule has 0 saturated carbocycles. The number of hydrogen-bond donors (Lipinski definition) is 1. The molecular formula is C27H26N2O3. The van der Waals surface area contributed by atoms with E-state index in [-0.39, 0.29) is 5.91 Å². The van der Waals surface area contributed by atoms with Gasteiger partial charge in [0, 0.05) is 23.6 Å². The van der Waals surface area contributed by atoms with Gasteiger partial charge in [-0.3, -0.25) is 4.79 Å². The molecule has 0 atom stereocenters. The second-order valence-corrected chi connectivity index (χ2v) is 7.63. The Morgan fingerprint density at radius 1 is 0.938 bits per heavy atom. The van der Waals surface area contributed by atoms with Crippen LogP contribution >= 0.6 is 0 Å². The summed E-state index contributed by atoms with van der Waals surface area (Å²) in [5.74, 6) is 1.22. The van der Waals surface area contributed by atoms with Crippen LogP contribution in [0.2, 0.25) is 0 Å². The Balaban J connectivity index is 1.71. The summed E-state index contributed by atoms with van der Waals surface area (Å²) in [7, 11) is 3.23. The first-order valence-electron chi connectivity index (χ1n) is 10.5. The average Bonchev–Trinajstić information content (AvgIpc) is 2.83. The third kappa shape index (κ3) is 4.57. The molecule has 4 aromatic rings. The van der Waals surface area contributed by atoms with Crippen molar-refractivity contribution in [3.63, 3.8) is 0 Å². The molecule has 3 aromatic carbocycles. The van der Waals surface area contributed by atoms with Crippen LogP contribution in [-0.4, -0.2) is 31.7 Å². The van der Waals surface area contributed by atoms with E-state index in [4.69, 9.17) is 14.5 Å². The van der Waals surface area contributed by atoms with Gasteiger partial charge in [-0.05, 0) is 49.2 Å². The fourth-order valence-corrected chi connectivity index (χ4v) is 3.74. The molecule has 0 saturated heterocycles. The highest BCUT2D eigenvalue weighted by Crippen LogP contribution is 2.34. The number of hydrogen-bond acceptors (Lipinski definition) is 4. The van der Waals surface area contributed by atoms with Gasteiger partial charge < -0.3 is 14.8 Å². The zero-order chi connectivity index (χ0) is 22.5. The predicted molar refractivity (Wildman–Crippen MR) is 127 cm³/mol. The minimum atomic E-state index is -0.118. The summed E-state index contributed by atoms with van der Waals surface area (Å²) in [4.78, 5) is 18.0. The first-order valence-corrected chi connectivity index (χ1v) is 10.5. The zero-order valence-corrected chi connectivity index (χ0v) is 18.5. The summed E-state index contributed by atoms with van der Waals surface area (Å²) in [6, 6.07) is 23.5. The van der Waals surface area contributed by atoms with Crippen LogP contribution in [-0.2, 0) is 6.42 Å². The van der Waals surface area contributed by atoms with E-state index in [1.165, 1.54) is 5.56 Å². The number of nitrogens with zero attached hydrogens (tertiary/aromatic N) is 1. The Labute approximate surface area is 188 Å². The maximum atomic E-state index is 13.2. The van der Waals surface area contributed by atoms with Gasteiger partial charge in [0.05, 0.1) is 31.0 Å². The van der Waals surface area contributed by atoms with Crippen LogP contribution in [0.15, 0.2) is 72.8 Å². The number of benzene rings is 3. The molecule has 0 radical (unpaired) electrons. The first-order chi connectivity index (χ1) is 15.6. The third-order valence-corrected chi connectivity index (χ3v) is 5.44. The van der Waals surface area contributed by atoms with Crippen LogP contribution in [0, 0.1) is 6.92 Å². The van der Waals surface area contributed by atoms with Gasteiger partial charge in [-0.2, -0.15) is 0 Å². The van der Waals surface area contributed by atoms with E-state index in [0.717, 1.165) is 28.5 Å². The Hall–Kier alpha value is -3.86. The molecule has 5 heteroatoms. The number of methoxy groups -OCH3 is 2. The van der Waals surface area contributed by atoms with Crippen LogP contribution in [0.5, 0.6) is 11.5 Å². The van der Waals surface area contributed by atoms with E-state index in [9.17, 15) is 4.79 Å². The average molecular weight is 427 g/mol. The maximum absolute atomic E-state index is 13.2. The van der Waals surface area contributed by atoms with Crippen molar-refractivity contribution in [2.75, 3.05) is 20.8 Å². The number of aromatic nitrogens is 1. The summed E-state index contributed by atoms with van der Waals surface area (Å²) in [6.45, 7) is 2.57. The zero-order valence-electron chi connectivity index (χ0n) is 18.5. The summed E-state index contributed by atoms with van der Waals surface area (Å²) >= 11 is 0. The molecule has 32 heavy (non-hydrogen) atoms. The largest absolute Gasteiger partial charge is 0.497 e. The van der Waals surface area contributed by atoms with Gasteiger partial charge in [-0.25, -0.2) is 4.98 Å². The highest BCUT2D eigenvalue weighted by atomic mass is 16.5. The highest BCUT2D eigenvalue weighted by molar-refractivity contribution is 6.07. The lowest BCUT2D eigenvalue weighted by atomic mass is 10.0. The second-order valence-electron chi connectivity index (χ2n) is 7.63. The molecule has 0 aliphatic heterocycles. The van der Waals surface area contributed by atoms with Gasteiger partial charge in [0.1, 0.15) is 11.5 Å². The fraction of sp³-hybridized carbons (Fsp3) is 0.185. The first kappa shape index (κ1) is 21.4. The minimum absolute atomic E-state index is 0.118. The molecule has 0 unspecified atom stereocenters. The Kier molecular flexibility index (Phi) is 6.36. The van der Waals surface area contributed by atoms with Gasteiger partial charge in [-0.15, -0.1) is 0 Å². The molecular weight excluding hydrogens is 400 g/mol. The molecule has 0 aliphatic rings. The number of nitrogens with one attached hydrogen (secondary N) is 1. The van der Waals surface area contributed by atoms with Crippen LogP contribution in [0.4, 0.5) is 0 Å². The number of amides is 1. The van der Waals surface area contributed by atoms with Gasteiger partial charge in [0.25, 0.3) is 5.91 Å². The SMILES string of the molecule is COc1ccc(-c2cc(C(=O)NCCc3ccccc3)c3cc(C)ccc3n2)c(OC)c1. The van der Waals surface area contributed by atoms with Crippen LogP contribution in [0.1, 0.15) is 21.5 Å². The molecule has 4 rings (SSSR count). The normalized spacial score (nSPS) is 10.7. The molecule has 162 valence electrons. The maximum Gasteiger partial charge on any atom is 0.252 e. The molecule has 5 nitrogen and oxygen atoms in total. The highest BCUT2D eigenvalue weighted by Gasteiger charge is 2.16. The number of carbonyl (C=O) groups excluding carboxylic acids is 1. The lowest BCUT2D eigenvalue weighted by Crippen LogP contribution is -2.26. The Morgan fingerprint density at radius 3 is 2.50 bits per heavy atom. The lowest BCUT2D eigenvalue weighted by molar-refractivity contribution is 0.0955. The van der Waals surface area contributed by atoms with Crippen LogP contribution < -0.4 is 14.8 Å². The number of pyridine rings is 1. The molecule has 0 fully saturated rings. The number of aryl methyl sites for hydroxylation is 1. The molecule has 0 aliphatic carbocycles. The van der Waals surface area contributed by atoms with Crippen molar-refractivity contribution in [1.82, 2.24) is 10.3 Å². The van der Waals surface area contributed by atoms with E-state index >= 15 is 0 Å². The smallest absolute Gasteiger partial charge is 0.252 e. The lowest BCUT2D eigenvalue weighted by Gasteiger charge is -2.14. The van der Waals surface area contributed by atoms with Gasteiger partial charge in [-0.1, -0.05) is 42.0 Å². The molecule has 1 amide bonds. The van der Waals surface area contributed by atoms with E-state index in [1.807, 2.05) is 67.6 Å². The van der Waals surface area contributed by atoms with Crippen molar-refractivity contribution in [2.24, 2.45) is 0 Å². The summed E-state index contributed by atoms with van der Waals surface area (Å²) in [5.41, 5.74) is 5.10. The van der Waals surface area contributed by atoms with E-state index in [1.54, 1.807) is 14.2 Å². The van der Waals surface area contributed by atoms with Crippen molar-refractivity contribution in [3.8, 4) is 22.8 Å². The van der Waals surface area contributed by atoms with Gasteiger partial charge >= 0.3 is 0 Å². The molecule has 0 bridgehead atoms. The Morgan fingerprint density at radius 2 is 1.75 bits per heavy atom. The van der Waals surface area contributed by atoms with Crippen molar-refractivity contribution in [3.05, 3.63) is 89.5 Å². The third-order valence-electron chi connectivity index (χ3n) is 5.44. The Bertz CT molecular complexity index is 1250. The quantitative estimate of drug-likeness (QED) is 0.441. The van der Waals surface area contributed by atoms with Crippen LogP contribution in [0.25, 0.3) is 22.2 Å². The van der Waals surface area contributed by atoms with E-state index < -0.39 is 0 Å². The van der Waals surface area contributed by atoms with Gasteiger partial charge in [0.2, 0.25) is 0 Å². The fourth-order valence-electron chi connectivity index (χ4n) is 3.74. The summed E-state index contributed by atoms with van der Waals surface area (Å²) in [5, 5.41) is 3.90. The second kappa shape index (κ2) is 9.52. The standard InChI is InChI=1S/C27H26N2O3/c1-18-9-12-24-22(15-18)23(27(30)28-14-13-19-7-5-4-6-8-19)17-25(29-24)21-11-10-20(31-2)16-26(21)32-3/h4-12,15-17H,13-14H2,1-3H3,(H,28,30). The predicted octanol–water partition coefficient (Wildman–Crippen LogP) is 5.20. The summed E-state index contributed by atoms with van der Waals surface area (Å²) < 4.78 is 10.9. The van der Waals surface area contributed by atoms with Crippen molar-refractivity contribution < 1.29 is 14.3 Å². The molecule has 1 aromatic heterocycles. The van der Waals surface area contributed by atoms with Crippen molar-refractivity contribution in [2.45, 2.75) is 13.3 Å². The number of ether oxygens (including phenoxy) is 2. The van der Waals surface area contributed by atoms with Crippen molar-refractivity contribution >= 4 is 16.8 Å². The number of fused-ring (bicyclic) bond motifs is 1. The molecule has 1 heterocycles. The van der Waals surface area contributed by atoms with Crippen molar-refractivity contribution in [1.29, 1.82) is 0 Å². The number of rotatable bonds is 7. The molecule has 1 N–H and O–H groups in total.